The fraction of sp³-hybridized carbons (Fsp3) is 0.320. The highest BCUT2D eigenvalue weighted by molar-refractivity contribution is 6.43. The number of rotatable bonds is 6. The van der Waals surface area contributed by atoms with Gasteiger partial charge in [0.2, 0.25) is 0 Å². The number of allylic oxidation sites excluding steroid dienone is 2. The first-order valence-electron chi connectivity index (χ1n) is 11.2. The second kappa shape index (κ2) is 11.0. The number of anilines is 2. The van der Waals surface area contributed by atoms with Crippen LogP contribution in [0.1, 0.15) is 33.5 Å². The van der Waals surface area contributed by atoms with Gasteiger partial charge < -0.3 is 22.2 Å². The van der Waals surface area contributed by atoms with Gasteiger partial charge in [0.1, 0.15) is 5.82 Å². The lowest BCUT2D eigenvalue weighted by molar-refractivity contribution is -0.670. The monoisotopic (exact) mass is 558 g/mol. The Morgan fingerprint density at radius 1 is 0.765 bits per heavy atom. The first kappa shape index (κ1) is 27.0. The van der Waals surface area contributed by atoms with Crippen molar-refractivity contribution in [3.05, 3.63) is 68.2 Å². The van der Waals surface area contributed by atoms with Gasteiger partial charge in [0, 0.05) is 31.3 Å². The quantitative estimate of drug-likeness (QED) is 0.402. The van der Waals surface area contributed by atoms with Crippen molar-refractivity contribution in [1.82, 2.24) is 4.57 Å². The minimum atomic E-state index is 0. The van der Waals surface area contributed by atoms with Gasteiger partial charge in [-0.2, -0.15) is 0 Å². The largest absolute Gasteiger partial charge is 1.00 e. The Balaban J connectivity index is 0.00000324. The molecule has 1 aliphatic rings. The summed E-state index contributed by atoms with van der Waals surface area (Å²) in [6.45, 7) is 11.8. The molecule has 34 heavy (non-hydrogen) atoms. The van der Waals surface area contributed by atoms with Gasteiger partial charge in [-0.15, -0.1) is 0 Å². The molecule has 0 fully saturated rings. The Labute approximate surface area is 227 Å². The molecule has 182 valence electrons. The summed E-state index contributed by atoms with van der Waals surface area (Å²) in [5.74, 6) is 2.19. The minimum Gasteiger partial charge on any atom is -1.00 e. The van der Waals surface area contributed by atoms with Gasteiger partial charge in [-0.05, 0) is 45.9 Å². The van der Waals surface area contributed by atoms with E-state index in [2.05, 4.69) is 64.9 Å². The number of fused-ring (bicyclic) bond motifs is 2. The summed E-state index contributed by atoms with van der Waals surface area (Å²) in [6, 6.07) is 7.79. The van der Waals surface area contributed by atoms with E-state index in [1.165, 1.54) is 0 Å². The molecule has 9 heteroatoms. The Morgan fingerprint density at radius 3 is 1.79 bits per heavy atom. The molecule has 0 bridgehead atoms. The third-order valence-electron chi connectivity index (χ3n) is 6.06. The summed E-state index contributed by atoms with van der Waals surface area (Å²) in [5.41, 5.74) is 4.29. The van der Waals surface area contributed by atoms with Crippen molar-refractivity contribution >= 4 is 74.9 Å². The smallest absolute Gasteiger partial charge is 0.282 e. The predicted octanol–water partition coefficient (Wildman–Crippen LogP) is 4.81. The summed E-state index contributed by atoms with van der Waals surface area (Å²) in [7, 11) is 0. The van der Waals surface area contributed by atoms with Crippen molar-refractivity contribution in [2.24, 2.45) is 0 Å². The van der Waals surface area contributed by atoms with Gasteiger partial charge in [0.15, 0.2) is 11.0 Å². The molecule has 0 radical (unpaired) electrons. The van der Waals surface area contributed by atoms with E-state index in [-0.39, 0.29) is 12.4 Å². The van der Waals surface area contributed by atoms with Gasteiger partial charge in [-0.25, -0.2) is 9.13 Å². The molecule has 3 aromatic rings. The molecular weight excluding hydrogens is 534 g/mol. The predicted molar refractivity (Wildman–Crippen MR) is 143 cm³/mol. The standard InChI is InChI=1S/C25H27Cl4N4.ClH/c1-5-30-20-12-16(26)17(27)13-21(20)31(6-2)24(30)10-9-11-25-32(7-3)22-14-18(28)19(29)15-23(22)33(25)8-4;/h9-15H,5-8H2,1-4H3;1H/q+1;/p-1. The molecule has 4 nitrogen and oxygen atoms in total. The van der Waals surface area contributed by atoms with Crippen LogP contribution in [0, 0.1) is 0 Å². The van der Waals surface area contributed by atoms with Crippen LogP contribution < -0.4 is 26.8 Å². The fourth-order valence-electron chi connectivity index (χ4n) is 4.61. The lowest BCUT2D eigenvalue weighted by Crippen LogP contribution is -3.00. The topological polar surface area (TPSA) is 15.3 Å². The highest BCUT2D eigenvalue weighted by Crippen LogP contribution is 2.45. The Kier molecular flexibility index (Phi) is 8.75. The Morgan fingerprint density at radius 2 is 1.29 bits per heavy atom. The summed E-state index contributed by atoms with van der Waals surface area (Å²) < 4.78 is 4.52. The highest BCUT2D eigenvalue weighted by atomic mass is 35.5. The van der Waals surface area contributed by atoms with Gasteiger partial charge >= 0.3 is 0 Å². The van der Waals surface area contributed by atoms with E-state index in [9.17, 15) is 0 Å². The van der Waals surface area contributed by atoms with Crippen molar-refractivity contribution in [2.45, 2.75) is 40.8 Å². The molecule has 0 saturated carbocycles. The van der Waals surface area contributed by atoms with Gasteiger partial charge in [-0.1, -0.05) is 52.5 Å². The maximum Gasteiger partial charge on any atom is 0.282 e. The number of imidazole rings is 1. The molecule has 0 spiro atoms. The second-order valence-electron chi connectivity index (χ2n) is 7.73. The zero-order valence-electron chi connectivity index (χ0n) is 19.5. The molecule has 1 aromatic heterocycles. The molecule has 0 saturated heterocycles. The average molecular weight is 561 g/mol. The fourth-order valence-corrected chi connectivity index (χ4v) is 5.24. The first-order valence-corrected chi connectivity index (χ1v) is 12.7. The van der Waals surface area contributed by atoms with E-state index in [4.69, 9.17) is 46.4 Å². The normalized spacial score (nSPS) is 13.2. The number of hydrogen-bond donors (Lipinski definition) is 0. The third-order valence-corrected chi connectivity index (χ3v) is 7.50. The van der Waals surface area contributed by atoms with Crippen LogP contribution in [0.3, 0.4) is 0 Å². The van der Waals surface area contributed by atoms with Crippen LogP contribution in [0.4, 0.5) is 11.4 Å². The Bertz CT molecular complexity index is 1190. The van der Waals surface area contributed by atoms with Crippen LogP contribution in [-0.2, 0) is 13.1 Å². The van der Waals surface area contributed by atoms with E-state index in [1.807, 2.05) is 24.3 Å². The van der Waals surface area contributed by atoms with Crippen LogP contribution in [0.5, 0.6) is 0 Å². The molecule has 0 aliphatic carbocycles. The molecule has 0 N–H and O–H groups in total. The van der Waals surface area contributed by atoms with E-state index >= 15 is 0 Å². The number of halogens is 5. The molecule has 0 atom stereocenters. The van der Waals surface area contributed by atoms with Crippen molar-refractivity contribution in [3.8, 4) is 0 Å². The van der Waals surface area contributed by atoms with E-state index in [1.54, 1.807) is 0 Å². The molecule has 0 unspecified atom stereocenters. The van der Waals surface area contributed by atoms with Crippen LogP contribution in [0.15, 0.2) is 42.2 Å². The molecule has 2 heterocycles. The number of aryl methyl sites for hydroxylation is 2. The van der Waals surface area contributed by atoms with E-state index in [0.717, 1.165) is 60.2 Å². The van der Waals surface area contributed by atoms with Crippen molar-refractivity contribution in [3.63, 3.8) is 0 Å². The van der Waals surface area contributed by atoms with Crippen LogP contribution in [-0.4, -0.2) is 17.7 Å². The summed E-state index contributed by atoms with van der Waals surface area (Å²) in [5, 5.41) is 2.26. The first-order chi connectivity index (χ1) is 15.9. The zero-order chi connectivity index (χ0) is 23.9. The highest BCUT2D eigenvalue weighted by Gasteiger charge is 2.30. The number of aromatic nitrogens is 2. The van der Waals surface area contributed by atoms with Gasteiger partial charge in [-0.3, -0.25) is 0 Å². The lowest BCUT2D eigenvalue weighted by Gasteiger charge is -2.23. The Hall–Kier alpha value is -1.56. The van der Waals surface area contributed by atoms with Crippen LogP contribution >= 0.6 is 46.4 Å². The minimum absolute atomic E-state index is 0. The number of hydrogen-bond acceptors (Lipinski definition) is 2. The SMILES string of the molecule is CCN1C(=C/C=C/c2n(CC)c3cc(Cl)c(Cl)cc3[n+]2CC)N(CC)c2cc(Cl)c(Cl)cc21.[Cl-]. The van der Waals surface area contributed by atoms with E-state index < -0.39 is 0 Å². The van der Waals surface area contributed by atoms with E-state index in [0.29, 0.717) is 20.1 Å². The van der Waals surface area contributed by atoms with Crippen molar-refractivity contribution < 1.29 is 17.0 Å². The molecule has 2 aromatic carbocycles. The molecule has 4 rings (SSSR count). The summed E-state index contributed by atoms with van der Waals surface area (Å²) >= 11 is 25.3. The molecule has 0 amide bonds. The van der Waals surface area contributed by atoms with Crippen molar-refractivity contribution in [2.75, 3.05) is 22.9 Å². The van der Waals surface area contributed by atoms with Gasteiger partial charge in [0.25, 0.3) is 5.82 Å². The van der Waals surface area contributed by atoms with Crippen molar-refractivity contribution in [1.29, 1.82) is 0 Å². The third kappa shape index (κ3) is 4.52. The lowest BCUT2D eigenvalue weighted by atomic mass is 10.2. The molecular formula is C25H27Cl5N4. The number of nitrogens with zero attached hydrogens (tertiary/aromatic N) is 4. The summed E-state index contributed by atoms with van der Waals surface area (Å²) in [6.07, 6.45) is 6.39. The van der Waals surface area contributed by atoms with Crippen LogP contribution in [0.2, 0.25) is 20.1 Å². The average Bonchev–Trinajstić information content (AvgIpc) is 3.24. The van der Waals surface area contributed by atoms with Gasteiger partial charge in [0.05, 0.1) is 44.6 Å². The number of benzene rings is 2. The maximum absolute atomic E-state index is 6.33. The summed E-state index contributed by atoms with van der Waals surface area (Å²) in [4.78, 5) is 4.52. The molecule has 1 aliphatic heterocycles. The second-order valence-corrected chi connectivity index (χ2v) is 9.36. The maximum atomic E-state index is 6.33. The van der Waals surface area contributed by atoms with Crippen LogP contribution in [0.25, 0.3) is 17.1 Å². The zero-order valence-corrected chi connectivity index (χ0v) is 23.3.